The van der Waals surface area contributed by atoms with Gasteiger partial charge in [-0.15, -0.1) is 10.2 Å². The molecule has 102 valence electrons. The van der Waals surface area contributed by atoms with Crippen molar-refractivity contribution in [2.75, 3.05) is 5.73 Å². The lowest BCUT2D eigenvalue weighted by molar-refractivity contribution is 0.591. The van der Waals surface area contributed by atoms with Crippen molar-refractivity contribution < 1.29 is 0 Å². The summed E-state index contributed by atoms with van der Waals surface area (Å²) in [5, 5.41) is 18.4. The first-order chi connectivity index (χ1) is 9.78. The average molecular weight is 285 g/mol. The van der Waals surface area contributed by atoms with Crippen molar-refractivity contribution in [1.82, 2.24) is 14.8 Å². The molecule has 1 aromatic heterocycles. The minimum Gasteiger partial charge on any atom is -0.398 e. The van der Waals surface area contributed by atoms with Crippen molar-refractivity contribution in [2.45, 2.75) is 42.3 Å². The molecule has 2 N–H and O–H groups in total. The summed E-state index contributed by atoms with van der Waals surface area (Å²) < 4.78 is 2.18. The van der Waals surface area contributed by atoms with Gasteiger partial charge in [0.15, 0.2) is 5.16 Å². The molecular formula is C14H15N5S. The van der Waals surface area contributed by atoms with Gasteiger partial charge in [-0.25, -0.2) is 0 Å². The number of anilines is 1. The number of rotatable bonds is 2. The van der Waals surface area contributed by atoms with Crippen LogP contribution in [0.5, 0.6) is 0 Å². The molecule has 3 rings (SSSR count). The average Bonchev–Trinajstić information content (AvgIpc) is 2.70. The molecule has 0 radical (unpaired) electrons. The van der Waals surface area contributed by atoms with Gasteiger partial charge in [0.05, 0.1) is 11.6 Å². The zero-order valence-corrected chi connectivity index (χ0v) is 11.9. The predicted molar refractivity (Wildman–Crippen MR) is 77.3 cm³/mol. The first-order valence-corrected chi connectivity index (χ1v) is 7.49. The van der Waals surface area contributed by atoms with Gasteiger partial charge in [0.2, 0.25) is 0 Å². The smallest absolute Gasteiger partial charge is 0.196 e. The van der Waals surface area contributed by atoms with E-state index in [1.165, 1.54) is 24.6 Å². The van der Waals surface area contributed by atoms with Crippen molar-refractivity contribution in [2.24, 2.45) is 0 Å². The van der Waals surface area contributed by atoms with Crippen LogP contribution in [0.4, 0.5) is 5.69 Å². The van der Waals surface area contributed by atoms with Crippen molar-refractivity contribution in [3.63, 3.8) is 0 Å². The van der Waals surface area contributed by atoms with Gasteiger partial charge in [-0.2, -0.15) is 5.26 Å². The van der Waals surface area contributed by atoms with Crippen LogP contribution in [0.2, 0.25) is 0 Å². The number of hydrogen-bond acceptors (Lipinski definition) is 5. The highest BCUT2D eigenvalue weighted by Crippen LogP contribution is 2.32. The lowest BCUT2D eigenvalue weighted by Gasteiger charge is -2.08. The number of nitrogens with two attached hydrogens (primary N) is 1. The van der Waals surface area contributed by atoms with Crippen LogP contribution in [-0.4, -0.2) is 14.8 Å². The Morgan fingerprint density at radius 2 is 2.15 bits per heavy atom. The number of nitrogen functional groups attached to an aromatic ring is 1. The van der Waals surface area contributed by atoms with E-state index in [0.717, 1.165) is 35.3 Å². The quantitative estimate of drug-likeness (QED) is 0.858. The molecular weight excluding hydrogens is 270 g/mol. The molecule has 0 amide bonds. The molecule has 0 saturated heterocycles. The van der Waals surface area contributed by atoms with Gasteiger partial charge in [0.25, 0.3) is 0 Å². The second kappa shape index (κ2) is 5.55. The fourth-order valence-electron chi connectivity index (χ4n) is 2.32. The van der Waals surface area contributed by atoms with Crippen molar-refractivity contribution in [3.05, 3.63) is 29.6 Å². The molecule has 1 aromatic carbocycles. The lowest BCUT2D eigenvalue weighted by Crippen LogP contribution is -2.02. The largest absolute Gasteiger partial charge is 0.398 e. The predicted octanol–water partition coefficient (Wildman–Crippen LogP) is 2.61. The van der Waals surface area contributed by atoms with Gasteiger partial charge >= 0.3 is 0 Å². The van der Waals surface area contributed by atoms with Crippen molar-refractivity contribution >= 4 is 17.4 Å². The normalized spacial score (nSPS) is 14.3. The number of fused-ring (bicyclic) bond motifs is 1. The van der Waals surface area contributed by atoms with Gasteiger partial charge in [0.1, 0.15) is 5.82 Å². The van der Waals surface area contributed by atoms with E-state index >= 15 is 0 Å². The van der Waals surface area contributed by atoms with Crippen molar-refractivity contribution in [3.8, 4) is 6.07 Å². The molecule has 5 nitrogen and oxygen atoms in total. The number of aryl methyl sites for hydroxylation is 1. The van der Waals surface area contributed by atoms with Crippen LogP contribution in [-0.2, 0) is 13.0 Å². The molecule has 1 aliphatic heterocycles. The number of hydrogen-bond donors (Lipinski definition) is 1. The van der Waals surface area contributed by atoms with Crippen LogP contribution in [0.15, 0.2) is 28.3 Å². The van der Waals surface area contributed by atoms with Crippen LogP contribution in [0.1, 0.15) is 30.7 Å². The minimum absolute atomic E-state index is 0.609. The maximum atomic E-state index is 8.98. The molecule has 20 heavy (non-hydrogen) atoms. The summed E-state index contributed by atoms with van der Waals surface area (Å²) in [6.45, 7) is 0.961. The summed E-state index contributed by atoms with van der Waals surface area (Å²) in [6.07, 6.45) is 4.56. The monoisotopic (exact) mass is 285 g/mol. The van der Waals surface area contributed by atoms with Gasteiger partial charge in [-0.1, -0.05) is 6.42 Å². The summed E-state index contributed by atoms with van der Waals surface area (Å²) in [5.74, 6) is 1.06. The van der Waals surface area contributed by atoms with Crippen LogP contribution >= 0.6 is 11.8 Å². The molecule has 0 atom stereocenters. The maximum absolute atomic E-state index is 8.98. The fraction of sp³-hybridized carbons (Fsp3) is 0.357. The fourth-order valence-corrected chi connectivity index (χ4v) is 3.28. The molecule has 6 heteroatoms. The van der Waals surface area contributed by atoms with E-state index in [4.69, 9.17) is 11.0 Å². The Morgan fingerprint density at radius 1 is 1.25 bits per heavy atom. The minimum atomic E-state index is 0.609. The summed E-state index contributed by atoms with van der Waals surface area (Å²) >= 11 is 1.49. The highest BCUT2D eigenvalue weighted by atomic mass is 32.2. The molecule has 0 saturated carbocycles. The SMILES string of the molecule is N#Cc1ccc(N)c(Sc2nnc3n2CCCCC3)c1. The number of nitriles is 1. The summed E-state index contributed by atoms with van der Waals surface area (Å²) in [7, 11) is 0. The Labute approximate surface area is 121 Å². The Balaban J connectivity index is 1.92. The molecule has 2 heterocycles. The summed E-state index contributed by atoms with van der Waals surface area (Å²) in [5.41, 5.74) is 7.26. The zero-order valence-electron chi connectivity index (χ0n) is 11.0. The van der Waals surface area contributed by atoms with E-state index < -0.39 is 0 Å². The number of aromatic nitrogens is 3. The standard InChI is InChI=1S/C14H15N5S/c15-9-10-5-6-11(16)12(8-10)20-14-18-17-13-4-2-1-3-7-19(13)14/h5-6,8H,1-4,7,16H2. The van der Waals surface area contributed by atoms with Crippen LogP contribution in [0.25, 0.3) is 0 Å². The Morgan fingerprint density at radius 3 is 3.00 bits per heavy atom. The van der Waals surface area contributed by atoms with E-state index in [1.807, 2.05) is 0 Å². The third-order valence-corrected chi connectivity index (χ3v) is 4.48. The molecule has 0 spiro atoms. The molecule has 2 aromatic rings. The third-order valence-electron chi connectivity index (χ3n) is 3.42. The Bertz CT molecular complexity index is 671. The van der Waals surface area contributed by atoms with Gasteiger partial charge in [0, 0.05) is 23.5 Å². The van der Waals surface area contributed by atoms with E-state index in [1.54, 1.807) is 18.2 Å². The zero-order chi connectivity index (χ0) is 13.9. The van der Waals surface area contributed by atoms with E-state index in [0.29, 0.717) is 11.3 Å². The Hall–Kier alpha value is -2.00. The Kier molecular flexibility index (Phi) is 3.61. The molecule has 0 bridgehead atoms. The van der Waals surface area contributed by atoms with Crippen LogP contribution in [0, 0.1) is 11.3 Å². The highest BCUT2D eigenvalue weighted by Gasteiger charge is 2.16. The topological polar surface area (TPSA) is 80.5 Å². The summed E-state index contributed by atoms with van der Waals surface area (Å²) in [4.78, 5) is 0.864. The van der Waals surface area contributed by atoms with Crippen LogP contribution in [0.3, 0.4) is 0 Å². The first-order valence-electron chi connectivity index (χ1n) is 6.67. The molecule has 0 unspecified atom stereocenters. The third kappa shape index (κ3) is 2.49. The number of benzene rings is 1. The van der Waals surface area contributed by atoms with Gasteiger partial charge < -0.3 is 10.3 Å². The van der Waals surface area contributed by atoms with E-state index in [9.17, 15) is 0 Å². The number of nitrogens with zero attached hydrogens (tertiary/aromatic N) is 4. The van der Waals surface area contributed by atoms with E-state index in [2.05, 4.69) is 20.8 Å². The first kappa shape index (κ1) is 13.0. The van der Waals surface area contributed by atoms with Gasteiger partial charge in [-0.05, 0) is 42.8 Å². The summed E-state index contributed by atoms with van der Waals surface area (Å²) in [6, 6.07) is 7.43. The molecule has 1 aliphatic rings. The maximum Gasteiger partial charge on any atom is 0.196 e. The van der Waals surface area contributed by atoms with E-state index in [-0.39, 0.29) is 0 Å². The molecule has 0 fully saturated rings. The van der Waals surface area contributed by atoms with Crippen LogP contribution < -0.4 is 5.73 Å². The van der Waals surface area contributed by atoms with Gasteiger partial charge in [-0.3, -0.25) is 0 Å². The van der Waals surface area contributed by atoms with Crippen molar-refractivity contribution in [1.29, 1.82) is 5.26 Å². The second-order valence-electron chi connectivity index (χ2n) is 4.83. The lowest BCUT2D eigenvalue weighted by atomic mass is 10.2. The second-order valence-corrected chi connectivity index (χ2v) is 5.84. The highest BCUT2D eigenvalue weighted by molar-refractivity contribution is 7.99. The molecule has 0 aliphatic carbocycles.